The second-order valence-electron chi connectivity index (χ2n) is 2.05. The normalized spacial score (nSPS) is 10.8. The molecule has 0 radical (unpaired) electrons. The molecule has 0 fully saturated rings. The monoisotopic (exact) mass is 135 g/mol. The summed E-state index contributed by atoms with van der Waals surface area (Å²) < 4.78 is 1.61. The Morgan fingerprint density at radius 1 is 1.70 bits per heavy atom. The van der Waals surface area contributed by atoms with E-state index in [1.165, 1.54) is 6.20 Å². The molecule has 0 aliphatic carbocycles. The average Bonchev–Trinajstić information content (AvgIpc) is 2.39. The van der Waals surface area contributed by atoms with Gasteiger partial charge in [-0.1, -0.05) is 6.58 Å². The zero-order valence-corrected chi connectivity index (χ0v) is 5.16. The van der Waals surface area contributed by atoms with Crippen LogP contribution in [0.3, 0.4) is 0 Å². The topological polar surface area (TPSA) is 50.2 Å². The van der Waals surface area contributed by atoms with Gasteiger partial charge in [-0.2, -0.15) is 0 Å². The van der Waals surface area contributed by atoms with Crippen LogP contribution in [-0.2, 0) is 0 Å². The number of aromatic nitrogens is 3. The van der Waals surface area contributed by atoms with Crippen LogP contribution >= 0.6 is 0 Å². The average molecular weight is 135 g/mol. The van der Waals surface area contributed by atoms with E-state index in [1.807, 2.05) is 0 Å². The van der Waals surface area contributed by atoms with E-state index in [4.69, 9.17) is 0 Å². The van der Waals surface area contributed by atoms with Crippen molar-refractivity contribution in [3.8, 4) is 0 Å². The molecule has 2 rings (SSSR count). The van der Waals surface area contributed by atoms with Crippen molar-refractivity contribution < 1.29 is 0 Å². The smallest absolute Gasteiger partial charge is 0.275 e. The lowest BCUT2D eigenvalue weighted by Gasteiger charge is -1.74. The number of nitrogens with one attached hydrogen (secondary N) is 1. The lowest BCUT2D eigenvalue weighted by molar-refractivity contribution is 1.06. The summed E-state index contributed by atoms with van der Waals surface area (Å²) in [6.07, 6.45) is 3.06. The predicted octanol–water partition coefficient (Wildman–Crippen LogP) is -0.848. The fourth-order valence-corrected chi connectivity index (χ4v) is 0.933. The van der Waals surface area contributed by atoms with Gasteiger partial charge >= 0.3 is 0 Å². The van der Waals surface area contributed by atoms with Crippen molar-refractivity contribution in [2.45, 2.75) is 0 Å². The molecular weight excluding hydrogens is 130 g/mol. The van der Waals surface area contributed by atoms with Crippen molar-refractivity contribution in [1.29, 1.82) is 0 Å². The van der Waals surface area contributed by atoms with Crippen LogP contribution in [0.4, 0.5) is 0 Å². The van der Waals surface area contributed by atoms with Gasteiger partial charge in [-0.3, -0.25) is 9.20 Å². The van der Waals surface area contributed by atoms with E-state index in [-0.39, 0.29) is 5.56 Å². The van der Waals surface area contributed by atoms with Crippen LogP contribution in [0.5, 0.6) is 0 Å². The second kappa shape index (κ2) is 1.47. The van der Waals surface area contributed by atoms with Gasteiger partial charge in [-0.05, 0) is 0 Å². The predicted molar refractivity (Wildman–Crippen MR) is 36.6 cm³/mol. The minimum absolute atomic E-state index is 0.137. The first-order chi connectivity index (χ1) is 4.79. The summed E-state index contributed by atoms with van der Waals surface area (Å²) in [5, 5.41) is 0. The molecule has 50 valence electrons. The molecule has 2 heterocycles. The van der Waals surface area contributed by atoms with Gasteiger partial charge in [0.1, 0.15) is 17.3 Å². The summed E-state index contributed by atoms with van der Waals surface area (Å²) in [6, 6.07) is 0. The minimum Gasteiger partial charge on any atom is -0.307 e. The van der Waals surface area contributed by atoms with Gasteiger partial charge in [0.05, 0.1) is 6.20 Å². The summed E-state index contributed by atoms with van der Waals surface area (Å²) >= 11 is 0. The quantitative estimate of drug-likeness (QED) is 0.511. The highest BCUT2D eigenvalue weighted by Crippen LogP contribution is 1.85. The molecule has 0 amide bonds. The number of imidazole rings is 2. The van der Waals surface area contributed by atoms with Crippen LogP contribution < -0.4 is 11.0 Å². The first-order valence-corrected chi connectivity index (χ1v) is 2.82. The highest BCUT2D eigenvalue weighted by Gasteiger charge is 1.98. The fourth-order valence-electron chi connectivity index (χ4n) is 0.933. The zero-order valence-electron chi connectivity index (χ0n) is 5.16. The molecule has 0 aromatic carbocycles. The molecule has 10 heavy (non-hydrogen) atoms. The summed E-state index contributed by atoms with van der Waals surface area (Å²) in [5.74, 6) is 0. The van der Waals surface area contributed by atoms with Crippen LogP contribution in [0.2, 0.25) is 0 Å². The van der Waals surface area contributed by atoms with Crippen LogP contribution in [0.15, 0.2) is 17.3 Å². The largest absolute Gasteiger partial charge is 0.307 e. The van der Waals surface area contributed by atoms with E-state index in [9.17, 15) is 4.79 Å². The Labute approximate surface area is 55.8 Å². The lowest BCUT2D eigenvalue weighted by Crippen LogP contribution is -2.09. The maximum atomic E-state index is 10.9. The van der Waals surface area contributed by atoms with Crippen molar-refractivity contribution in [2.24, 2.45) is 0 Å². The maximum Gasteiger partial charge on any atom is 0.275 e. The van der Waals surface area contributed by atoms with E-state index < -0.39 is 0 Å². The molecule has 2 aromatic heterocycles. The van der Waals surface area contributed by atoms with Crippen molar-refractivity contribution in [3.05, 3.63) is 28.4 Å². The molecule has 4 heteroatoms. The molecule has 0 bridgehead atoms. The molecule has 0 aliphatic heterocycles. The first-order valence-electron chi connectivity index (χ1n) is 2.82. The summed E-state index contributed by atoms with van der Waals surface area (Å²) in [7, 11) is 0. The summed E-state index contributed by atoms with van der Waals surface area (Å²) in [6.45, 7) is 3.61. The number of hydrogen-bond donors (Lipinski definition) is 1. The molecule has 2 aromatic rings. The number of hydrogen-bond acceptors (Lipinski definition) is 2. The van der Waals surface area contributed by atoms with Crippen LogP contribution in [0.25, 0.3) is 12.1 Å². The molecule has 1 N–H and O–H groups in total. The van der Waals surface area contributed by atoms with Crippen LogP contribution in [-0.4, -0.2) is 14.4 Å². The second-order valence-corrected chi connectivity index (χ2v) is 2.05. The van der Waals surface area contributed by atoms with Gasteiger partial charge in [0.2, 0.25) is 0 Å². The molecule has 0 spiro atoms. The highest BCUT2D eigenvalue weighted by atomic mass is 16.1. The number of nitrogens with zero attached hydrogens (tertiary/aromatic N) is 2. The van der Waals surface area contributed by atoms with E-state index >= 15 is 0 Å². The van der Waals surface area contributed by atoms with E-state index in [0.717, 1.165) is 0 Å². The van der Waals surface area contributed by atoms with Gasteiger partial charge < -0.3 is 4.98 Å². The number of fused-ring (bicyclic) bond motifs is 1. The van der Waals surface area contributed by atoms with Crippen molar-refractivity contribution in [2.75, 3.05) is 0 Å². The van der Waals surface area contributed by atoms with Gasteiger partial charge in [-0.15, -0.1) is 0 Å². The third-order valence-corrected chi connectivity index (χ3v) is 1.42. The Kier molecular flexibility index (Phi) is 0.768. The Bertz CT molecular complexity index is 413. The number of rotatable bonds is 0. The van der Waals surface area contributed by atoms with E-state index in [1.54, 1.807) is 10.7 Å². The van der Waals surface area contributed by atoms with Crippen LogP contribution in [0, 0.1) is 0 Å². The van der Waals surface area contributed by atoms with Crippen molar-refractivity contribution >= 4 is 12.1 Å². The first kappa shape index (κ1) is 5.22. The van der Waals surface area contributed by atoms with Gasteiger partial charge in [-0.25, -0.2) is 4.98 Å². The zero-order chi connectivity index (χ0) is 7.14. The van der Waals surface area contributed by atoms with Gasteiger partial charge in [0, 0.05) is 0 Å². The number of aromatic amines is 1. The minimum atomic E-state index is -0.137. The van der Waals surface area contributed by atoms with E-state index in [0.29, 0.717) is 11.0 Å². The maximum absolute atomic E-state index is 10.9. The third-order valence-electron chi connectivity index (χ3n) is 1.42. The van der Waals surface area contributed by atoms with Gasteiger partial charge in [0.25, 0.3) is 5.56 Å². The summed E-state index contributed by atoms with van der Waals surface area (Å²) in [4.78, 5) is 17.2. The fraction of sp³-hybridized carbons (Fsp3) is 0. The highest BCUT2D eigenvalue weighted by molar-refractivity contribution is 5.42. The Hall–Kier alpha value is -1.58. The third kappa shape index (κ3) is 0.452. The Morgan fingerprint density at radius 2 is 2.50 bits per heavy atom. The molecule has 0 unspecified atom stereocenters. The van der Waals surface area contributed by atoms with E-state index in [2.05, 4.69) is 16.5 Å². The Morgan fingerprint density at radius 3 is 3.20 bits per heavy atom. The summed E-state index contributed by atoms with van der Waals surface area (Å²) in [5.41, 5.74) is 0.977. The van der Waals surface area contributed by atoms with Gasteiger partial charge in [0.15, 0.2) is 0 Å². The molecule has 0 atom stereocenters. The molecule has 4 nitrogen and oxygen atoms in total. The standard InChI is InChI=1S/C6H5N3O/c1-4-8-6(10)5-2-7-3-9(4)5/h2-3H,1H2,(H,8,10). The lowest BCUT2D eigenvalue weighted by atomic mass is 10.6. The van der Waals surface area contributed by atoms with Crippen LogP contribution in [0.1, 0.15) is 0 Å². The molecule has 0 saturated heterocycles. The number of H-pyrrole nitrogens is 1. The molecule has 0 aliphatic rings. The van der Waals surface area contributed by atoms with Crippen molar-refractivity contribution in [3.63, 3.8) is 0 Å². The Balaban J connectivity index is 3.28. The molecule has 0 saturated carbocycles. The SMILES string of the molecule is C=c1[nH]c(=O)c2cncn12. The van der Waals surface area contributed by atoms with Crippen molar-refractivity contribution in [1.82, 2.24) is 14.4 Å². The molecular formula is C6H5N3O.